The summed E-state index contributed by atoms with van der Waals surface area (Å²) in [5.41, 5.74) is 5.16. The maximum Gasteiger partial charge on any atom is 0.151 e. The predicted molar refractivity (Wildman–Crippen MR) is 84.7 cm³/mol. The zero-order valence-corrected chi connectivity index (χ0v) is 12.7. The molecule has 0 N–H and O–H groups in total. The molecule has 3 nitrogen and oxygen atoms in total. The molecule has 0 fully saturated rings. The van der Waals surface area contributed by atoms with Crippen LogP contribution in [0.25, 0.3) is 0 Å². The summed E-state index contributed by atoms with van der Waals surface area (Å²) in [5, 5.41) is 9.52. The minimum atomic E-state index is 0.550. The molecule has 1 aliphatic heterocycles. The van der Waals surface area contributed by atoms with Crippen LogP contribution in [0.2, 0.25) is 0 Å². The van der Waals surface area contributed by atoms with E-state index in [1.807, 2.05) is 19.9 Å². The standard InChI is InChI=1S/C18H19N3/c1-12-8-15-6-4-5-7-17(15)21(11-12)18-16(10-19)13(2)9-14(3)20-18/h4-7,9,12H,8,11H2,1-3H3. The van der Waals surface area contributed by atoms with Gasteiger partial charge >= 0.3 is 0 Å². The van der Waals surface area contributed by atoms with E-state index in [0.717, 1.165) is 30.0 Å². The van der Waals surface area contributed by atoms with Crippen molar-refractivity contribution >= 4 is 11.5 Å². The Labute approximate surface area is 125 Å². The lowest BCUT2D eigenvalue weighted by molar-refractivity contribution is 0.559. The van der Waals surface area contributed by atoms with Crippen LogP contribution >= 0.6 is 0 Å². The molecule has 1 unspecified atom stereocenters. The Morgan fingerprint density at radius 3 is 2.81 bits per heavy atom. The van der Waals surface area contributed by atoms with E-state index in [1.165, 1.54) is 11.3 Å². The van der Waals surface area contributed by atoms with Crippen molar-refractivity contribution in [3.05, 3.63) is 52.7 Å². The maximum atomic E-state index is 9.52. The van der Waals surface area contributed by atoms with Gasteiger partial charge in [0.15, 0.2) is 5.82 Å². The largest absolute Gasteiger partial charge is 0.325 e. The molecule has 0 spiro atoms. The summed E-state index contributed by atoms with van der Waals surface area (Å²) >= 11 is 0. The van der Waals surface area contributed by atoms with Gasteiger partial charge in [0.2, 0.25) is 0 Å². The van der Waals surface area contributed by atoms with E-state index in [2.05, 4.69) is 47.1 Å². The molecule has 0 bridgehead atoms. The topological polar surface area (TPSA) is 39.9 Å². The number of hydrogen-bond acceptors (Lipinski definition) is 3. The fourth-order valence-corrected chi connectivity index (χ4v) is 3.15. The van der Waals surface area contributed by atoms with Gasteiger partial charge in [0.1, 0.15) is 6.07 Å². The van der Waals surface area contributed by atoms with Crippen LogP contribution in [0.5, 0.6) is 0 Å². The van der Waals surface area contributed by atoms with E-state index >= 15 is 0 Å². The smallest absolute Gasteiger partial charge is 0.151 e. The molecule has 21 heavy (non-hydrogen) atoms. The lowest BCUT2D eigenvalue weighted by Crippen LogP contribution is -2.31. The molecule has 0 radical (unpaired) electrons. The van der Waals surface area contributed by atoms with Crippen LogP contribution in [-0.4, -0.2) is 11.5 Å². The zero-order valence-electron chi connectivity index (χ0n) is 12.7. The minimum Gasteiger partial charge on any atom is -0.325 e. The molecule has 0 aliphatic carbocycles. The Hall–Kier alpha value is -2.34. The van der Waals surface area contributed by atoms with Gasteiger partial charge in [0, 0.05) is 17.9 Å². The van der Waals surface area contributed by atoms with E-state index in [9.17, 15) is 5.26 Å². The summed E-state index contributed by atoms with van der Waals surface area (Å²) < 4.78 is 0. The van der Waals surface area contributed by atoms with Crippen molar-refractivity contribution in [1.82, 2.24) is 4.98 Å². The van der Waals surface area contributed by atoms with Gasteiger partial charge < -0.3 is 4.90 Å². The van der Waals surface area contributed by atoms with Crippen molar-refractivity contribution < 1.29 is 0 Å². The molecule has 3 rings (SSSR count). The first-order valence-corrected chi connectivity index (χ1v) is 7.34. The van der Waals surface area contributed by atoms with Gasteiger partial charge in [-0.2, -0.15) is 5.26 Å². The fraction of sp³-hybridized carbons (Fsp3) is 0.333. The quantitative estimate of drug-likeness (QED) is 0.793. The van der Waals surface area contributed by atoms with Gasteiger partial charge in [-0.25, -0.2) is 4.98 Å². The van der Waals surface area contributed by atoms with Crippen LogP contribution in [0.1, 0.15) is 29.3 Å². The number of aryl methyl sites for hydroxylation is 2. The first kappa shape index (κ1) is 13.6. The number of fused-ring (bicyclic) bond motifs is 1. The molecule has 0 saturated heterocycles. The average Bonchev–Trinajstić information content (AvgIpc) is 2.45. The summed E-state index contributed by atoms with van der Waals surface area (Å²) in [4.78, 5) is 6.88. The second-order valence-electron chi connectivity index (χ2n) is 5.94. The maximum absolute atomic E-state index is 9.52. The Morgan fingerprint density at radius 1 is 1.29 bits per heavy atom. The van der Waals surface area contributed by atoms with Crippen molar-refractivity contribution in [2.75, 3.05) is 11.4 Å². The van der Waals surface area contributed by atoms with E-state index in [4.69, 9.17) is 0 Å². The molecular weight excluding hydrogens is 258 g/mol. The number of anilines is 2. The number of pyridine rings is 1. The van der Waals surface area contributed by atoms with Gasteiger partial charge in [-0.1, -0.05) is 25.1 Å². The van der Waals surface area contributed by atoms with Crippen molar-refractivity contribution in [2.45, 2.75) is 27.2 Å². The van der Waals surface area contributed by atoms with Gasteiger partial charge in [-0.15, -0.1) is 0 Å². The highest BCUT2D eigenvalue weighted by Gasteiger charge is 2.26. The molecule has 1 aliphatic rings. The summed E-state index contributed by atoms with van der Waals surface area (Å²) in [5.74, 6) is 1.35. The van der Waals surface area contributed by atoms with E-state index in [-0.39, 0.29) is 0 Å². The molecule has 3 heteroatoms. The van der Waals surface area contributed by atoms with Crippen molar-refractivity contribution in [2.24, 2.45) is 5.92 Å². The molecule has 2 aromatic rings. The summed E-state index contributed by atoms with van der Waals surface area (Å²) in [6.45, 7) is 7.12. The molecule has 0 amide bonds. The number of hydrogen-bond donors (Lipinski definition) is 0. The van der Waals surface area contributed by atoms with Crippen LogP contribution in [0.15, 0.2) is 30.3 Å². The summed E-state index contributed by atoms with van der Waals surface area (Å²) in [6, 6.07) is 12.7. The van der Waals surface area contributed by atoms with E-state index in [0.29, 0.717) is 11.5 Å². The average molecular weight is 277 g/mol. The van der Waals surface area contributed by atoms with E-state index in [1.54, 1.807) is 0 Å². The molecule has 0 saturated carbocycles. The highest BCUT2D eigenvalue weighted by atomic mass is 15.2. The van der Waals surface area contributed by atoms with Gasteiger partial charge in [-0.05, 0) is 49.4 Å². The third-order valence-electron chi connectivity index (χ3n) is 4.04. The number of nitriles is 1. The molecule has 106 valence electrons. The normalized spacial score (nSPS) is 17.2. The lowest BCUT2D eigenvalue weighted by atomic mass is 9.93. The Bertz CT molecular complexity index is 728. The monoisotopic (exact) mass is 277 g/mol. The van der Waals surface area contributed by atoms with Gasteiger partial charge in [0.05, 0.1) is 5.56 Å². The van der Waals surface area contributed by atoms with Gasteiger partial charge in [-0.3, -0.25) is 0 Å². The van der Waals surface area contributed by atoms with Crippen LogP contribution < -0.4 is 4.90 Å². The summed E-state index contributed by atoms with van der Waals surface area (Å²) in [7, 11) is 0. The highest BCUT2D eigenvalue weighted by Crippen LogP contribution is 2.36. The fourth-order valence-electron chi connectivity index (χ4n) is 3.15. The van der Waals surface area contributed by atoms with Gasteiger partial charge in [0.25, 0.3) is 0 Å². The number of benzene rings is 1. The predicted octanol–water partition coefficient (Wildman–Crippen LogP) is 3.90. The third-order valence-corrected chi connectivity index (χ3v) is 4.04. The second kappa shape index (κ2) is 5.21. The van der Waals surface area contributed by atoms with Crippen molar-refractivity contribution in [1.29, 1.82) is 5.26 Å². The summed E-state index contributed by atoms with van der Waals surface area (Å²) in [6.07, 6.45) is 1.08. The second-order valence-corrected chi connectivity index (χ2v) is 5.94. The number of para-hydroxylation sites is 1. The van der Waals surface area contributed by atoms with Crippen LogP contribution in [0.3, 0.4) is 0 Å². The SMILES string of the molecule is Cc1cc(C)c(C#N)c(N2CC(C)Cc3ccccc32)n1. The molecule has 1 aromatic heterocycles. The molecule has 2 heterocycles. The van der Waals surface area contributed by atoms with Crippen LogP contribution in [0, 0.1) is 31.1 Å². The molecule has 1 atom stereocenters. The molecular formula is C18H19N3. The number of nitrogens with zero attached hydrogens (tertiary/aromatic N) is 3. The first-order chi connectivity index (χ1) is 10.1. The molecule has 1 aromatic carbocycles. The van der Waals surface area contributed by atoms with Crippen molar-refractivity contribution in [3.8, 4) is 6.07 Å². The lowest BCUT2D eigenvalue weighted by Gasteiger charge is -2.34. The third kappa shape index (κ3) is 2.38. The first-order valence-electron chi connectivity index (χ1n) is 7.34. The minimum absolute atomic E-state index is 0.550. The van der Waals surface area contributed by atoms with E-state index < -0.39 is 0 Å². The number of aromatic nitrogens is 1. The van der Waals surface area contributed by atoms with Crippen molar-refractivity contribution in [3.63, 3.8) is 0 Å². The Kier molecular flexibility index (Phi) is 3.39. The highest BCUT2D eigenvalue weighted by molar-refractivity contribution is 5.71. The van der Waals surface area contributed by atoms with Crippen LogP contribution in [0.4, 0.5) is 11.5 Å². The number of rotatable bonds is 1. The Balaban J connectivity index is 2.20. The van der Waals surface area contributed by atoms with Crippen LogP contribution in [-0.2, 0) is 6.42 Å². The Morgan fingerprint density at radius 2 is 2.05 bits per heavy atom. The zero-order chi connectivity index (χ0) is 15.0.